The molecule has 442 valence electrons. The normalized spacial score (nSPS) is 14.1. The Morgan fingerprint density at radius 2 is 0.747 bits per heavy atom. The van der Waals surface area contributed by atoms with Crippen LogP contribution in [-0.2, 0) is 18.4 Å². The molecule has 0 saturated carbocycles. The molecule has 0 heterocycles. The van der Waals surface area contributed by atoms with Crippen molar-refractivity contribution >= 4 is 13.7 Å². The van der Waals surface area contributed by atoms with E-state index in [0.29, 0.717) is 17.4 Å². The summed E-state index contributed by atoms with van der Waals surface area (Å²) in [5, 5.41) is 13.9. The molecule has 75 heavy (non-hydrogen) atoms. The van der Waals surface area contributed by atoms with E-state index in [1.807, 2.05) is 27.2 Å². The second-order valence-electron chi connectivity index (χ2n) is 23.4. The number of allylic oxidation sites excluding steroid dienone is 7. The third-order valence-electron chi connectivity index (χ3n) is 14.7. The van der Waals surface area contributed by atoms with Crippen LogP contribution in [0.2, 0.25) is 0 Å². The third-order valence-corrected chi connectivity index (χ3v) is 15.7. The maximum atomic E-state index is 13.0. The number of hydrogen-bond donors (Lipinski definition) is 2. The lowest BCUT2D eigenvalue weighted by Gasteiger charge is -2.29. The Kier molecular flexibility index (Phi) is 56.0. The first-order chi connectivity index (χ1) is 36.5. The molecule has 0 spiro atoms. The molecule has 0 bridgehead atoms. The van der Waals surface area contributed by atoms with Crippen LogP contribution in [0.5, 0.6) is 0 Å². The lowest BCUT2D eigenvalue weighted by Crippen LogP contribution is -2.45. The number of likely N-dealkylation sites (N-methyl/N-ethyl adjacent to an activating group) is 1. The van der Waals surface area contributed by atoms with Crippen molar-refractivity contribution in [2.45, 2.75) is 328 Å². The molecule has 0 aromatic carbocycles. The molecule has 0 radical (unpaired) electrons. The molecule has 0 aliphatic rings. The van der Waals surface area contributed by atoms with Gasteiger partial charge in [0, 0.05) is 6.42 Å². The number of nitrogens with one attached hydrogen (secondary N) is 1. The summed E-state index contributed by atoms with van der Waals surface area (Å²) in [6.07, 6.45) is 76.5. The van der Waals surface area contributed by atoms with Crippen LogP contribution in [0.25, 0.3) is 0 Å². The van der Waals surface area contributed by atoms with E-state index in [0.717, 1.165) is 44.9 Å². The zero-order chi connectivity index (χ0) is 54.9. The van der Waals surface area contributed by atoms with Gasteiger partial charge in [0.2, 0.25) is 5.91 Å². The van der Waals surface area contributed by atoms with Gasteiger partial charge in [-0.25, -0.2) is 0 Å². The maximum absolute atomic E-state index is 13.0. The minimum absolute atomic E-state index is 0.00884. The fraction of sp³-hybridized carbons (Fsp3) is 0.864. The average molecular weight is 1080 g/mol. The van der Waals surface area contributed by atoms with Crippen LogP contribution in [0.1, 0.15) is 316 Å². The number of phosphoric ester groups is 1. The number of quaternary nitrogens is 1. The van der Waals surface area contributed by atoms with Crippen LogP contribution >= 0.6 is 7.82 Å². The van der Waals surface area contributed by atoms with Crippen LogP contribution in [0.3, 0.4) is 0 Å². The van der Waals surface area contributed by atoms with Gasteiger partial charge in [-0.3, -0.25) is 9.36 Å². The first-order valence-corrected chi connectivity index (χ1v) is 34.0. The topological polar surface area (TPSA) is 108 Å². The fourth-order valence-electron chi connectivity index (χ4n) is 9.65. The summed E-state index contributed by atoms with van der Waals surface area (Å²) >= 11 is 0. The number of unbranched alkanes of at least 4 members (excludes halogenated alkanes) is 41. The van der Waals surface area contributed by atoms with Crippen LogP contribution in [0.4, 0.5) is 0 Å². The van der Waals surface area contributed by atoms with Crippen molar-refractivity contribution in [2.24, 2.45) is 0 Å². The van der Waals surface area contributed by atoms with Gasteiger partial charge >= 0.3 is 0 Å². The molecule has 1 amide bonds. The van der Waals surface area contributed by atoms with Gasteiger partial charge in [0.25, 0.3) is 7.82 Å². The second kappa shape index (κ2) is 57.2. The van der Waals surface area contributed by atoms with Crippen molar-refractivity contribution in [2.75, 3.05) is 40.9 Å². The number of hydrogen-bond acceptors (Lipinski definition) is 6. The number of aliphatic hydroxyl groups excluding tert-OH is 1. The minimum atomic E-state index is -4.61. The standard InChI is InChI=1S/C66H127N2O6P/c1-6-8-10-12-14-16-18-20-22-24-26-28-30-32-33-34-35-36-38-40-42-44-46-48-50-52-54-56-58-60-66(70)67-64(63-74-75(71,72)73-62-61-68(3,4)5)65(69)59-57-55-53-51-49-47-45-43-41-39-37-31-29-27-25-23-21-19-17-15-13-11-9-7-2/h32-33,41,43,49,51,57,59,64-65,69H,6-31,34-40,42,44-48,50,52-56,58,60-63H2,1-5H3,(H-,67,70,71,72)/b33-32-,43-41+,51-49+,59-57+. The summed E-state index contributed by atoms with van der Waals surface area (Å²) in [5.41, 5.74) is 0. The molecule has 0 aliphatic carbocycles. The number of nitrogens with zero attached hydrogens (tertiary/aromatic N) is 1. The number of carbonyl (C=O) groups excluding carboxylic acids is 1. The number of aliphatic hydroxyl groups is 1. The summed E-state index contributed by atoms with van der Waals surface area (Å²) in [7, 11) is 1.24. The maximum Gasteiger partial charge on any atom is 0.268 e. The molecular weight excluding hydrogens is 948 g/mol. The van der Waals surface area contributed by atoms with Gasteiger partial charge in [-0.2, -0.15) is 0 Å². The lowest BCUT2D eigenvalue weighted by molar-refractivity contribution is -0.870. The monoisotopic (exact) mass is 1070 g/mol. The average Bonchev–Trinajstić information content (AvgIpc) is 3.37. The Labute approximate surface area is 467 Å². The second-order valence-corrected chi connectivity index (χ2v) is 24.9. The molecule has 0 aliphatic heterocycles. The van der Waals surface area contributed by atoms with E-state index in [9.17, 15) is 19.4 Å². The van der Waals surface area contributed by atoms with Gasteiger partial charge < -0.3 is 28.8 Å². The quantitative estimate of drug-likeness (QED) is 0.0272. The predicted molar refractivity (Wildman–Crippen MR) is 325 cm³/mol. The van der Waals surface area contributed by atoms with Crippen molar-refractivity contribution in [1.82, 2.24) is 5.32 Å². The molecule has 3 unspecified atom stereocenters. The molecule has 0 aromatic heterocycles. The van der Waals surface area contributed by atoms with Crippen LogP contribution in [-0.4, -0.2) is 68.5 Å². The first kappa shape index (κ1) is 73.5. The summed E-state index contributed by atoms with van der Waals surface area (Å²) in [6, 6.07) is -0.911. The van der Waals surface area contributed by atoms with E-state index < -0.39 is 26.6 Å². The van der Waals surface area contributed by atoms with Crippen LogP contribution in [0, 0.1) is 0 Å². The number of rotatable bonds is 60. The summed E-state index contributed by atoms with van der Waals surface area (Å²) in [5.74, 6) is -0.208. The fourth-order valence-corrected chi connectivity index (χ4v) is 10.4. The van der Waals surface area contributed by atoms with E-state index in [1.165, 1.54) is 250 Å². The highest BCUT2D eigenvalue weighted by Crippen LogP contribution is 2.38. The summed E-state index contributed by atoms with van der Waals surface area (Å²) < 4.78 is 23.4. The van der Waals surface area contributed by atoms with Gasteiger partial charge in [0.05, 0.1) is 39.9 Å². The van der Waals surface area contributed by atoms with E-state index in [-0.39, 0.29) is 12.5 Å². The first-order valence-electron chi connectivity index (χ1n) is 32.5. The zero-order valence-corrected chi connectivity index (χ0v) is 51.4. The van der Waals surface area contributed by atoms with Gasteiger partial charge in [-0.15, -0.1) is 0 Å². The highest BCUT2D eigenvalue weighted by atomic mass is 31.2. The van der Waals surface area contributed by atoms with Crippen LogP contribution in [0.15, 0.2) is 48.6 Å². The third kappa shape index (κ3) is 60.0. The minimum Gasteiger partial charge on any atom is -0.756 e. The predicted octanol–water partition coefficient (Wildman–Crippen LogP) is 19.6. The summed E-state index contributed by atoms with van der Waals surface area (Å²) in [4.78, 5) is 25.6. The van der Waals surface area contributed by atoms with Gasteiger partial charge in [-0.05, 0) is 70.6 Å². The van der Waals surface area contributed by atoms with E-state index in [2.05, 4.69) is 55.6 Å². The van der Waals surface area contributed by atoms with Gasteiger partial charge in [0.1, 0.15) is 13.2 Å². The number of phosphoric acid groups is 1. The largest absolute Gasteiger partial charge is 0.756 e. The molecule has 9 heteroatoms. The molecule has 8 nitrogen and oxygen atoms in total. The molecule has 3 atom stereocenters. The Balaban J connectivity index is 4.17. The summed E-state index contributed by atoms with van der Waals surface area (Å²) in [6.45, 7) is 4.66. The van der Waals surface area contributed by atoms with E-state index >= 15 is 0 Å². The highest BCUT2D eigenvalue weighted by molar-refractivity contribution is 7.45. The highest BCUT2D eigenvalue weighted by Gasteiger charge is 2.23. The molecule has 2 N–H and O–H groups in total. The zero-order valence-electron chi connectivity index (χ0n) is 50.5. The lowest BCUT2D eigenvalue weighted by atomic mass is 10.0. The van der Waals surface area contributed by atoms with Gasteiger partial charge in [-0.1, -0.05) is 287 Å². The molecule has 0 rings (SSSR count). The Hall–Kier alpha value is -1.54. The SMILES string of the molecule is CCCCCCCCCCCCCC/C=C\CCCCCCCCCCCCCCCC(=O)NC(COP(=O)([O-])OCC[N+](C)(C)C)C(O)/C=C/CC/C=C/CC/C=C/CCCCCCCCCCCCCCCC. The van der Waals surface area contributed by atoms with Gasteiger partial charge in [0.15, 0.2) is 0 Å². The van der Waals surface area contributed by atoms with Crippen LogP contribution < -0.4 is 10.2 Å². The number of carbonyl (C=O) groups is 1. The molecule has 0 aromatic rings. The van der Waals surface area contributed by atoms with Crippen molar-refractivity contribution in [3.8, 4) is 0 Å². The Bertz CT molecular complexity index is 1360. The van der Waals surface area contributed by atoms with Crippen molar-refractivity contribution in [3.63, 3.8) is 0 Å². The van der Waals surface area contributed by atoms with Crippen molar-refractivity contribution < 1.29 is 32.9 Å². The van der Waals surface area contributed by atoms with E-state index in [4.69, 9.17) is 9.05 Å². The molecule has 0 saturated heterocycles. The molecular formula is C66H127N2O6P. The Morgan fingerprint density at radius 3 is 1.08 bits per heavy atom. The smallest absolute Gasteiger partial charge is 0.268 e. The van der Waals surface area contributed by atoms with Crippen molar-refractivity contribution in [1.29, 1.82) is 0 Å². The van der Waals surface area contributed by atoms with E-state index in [1.54, 1.807) is 6.08 Å². The van der Waals surface area contributed by atoms with Crippen molar-refractivity contribution in [3.05, 3.63) is 48.6 Å². The Morgan fingerprint density at radius 1 is 0.453 bits per heavy atom. The number of amides is 1. The molecule has 0 fully saturated rings.